The van der Waals surface area contributed by atoms with Crippen LogP contribution in [0.4, 0.5) is 11.4 Å². The Kier molecular flexibility index (Phi) is 6.44. The van der Waals surface area contributed by atoms with E-state index < -0.39 is 0 Å². The number of rotatable bonds is 7. The number of para-hydroxylation sites is 1. The first-order valence-corrected chi connectivity index (χ1v) is 9.25. The molecule has 142 valence electrons. The third kappa shape index (κ3) is 5.56. The molecule has 0 radical (unpaired) electrons. The van der Waals surface area contributed by atoms with Crippen molar-refractivity contribution in [3.8, 4) is 0 Å². The molecule has 1 aliphatic rings. The molecule has 2 amide bonds. The highest BCUT2D eigenvalue weighted by Gasteiger charge is 2.18. The van der Waals surface area contributed by atoms with Crippen LogP contribution in [0.2, 0.25) is 0 Å². The van der Waals surface area contributed by atoms with Crippen LogP contribution in [0.3, 0.4) is 0 Å². The summed E-state index contributed by atoms with van der Waals surface area (Å²) in [6, 6.07) is 14.5. The van der Waals surface area contributed by atoms with Gasteiger partial charge in [0.1, 0.15) is 0 Å². The van der Waals surface area contributed by atoms with Gasteiger partial charge in [-0.3, -0.25) is 9.59 Å². The van der Waals surface area contributed by atoms with Gasteiger partial charge in [-0.1, -0.05) is 24.3 Å². The van der Waals surface area contributed by atoms with Gasteiger partial charge in [-0.2, -0.15) is 0 Å². The molecule has 1 saturated heterocycles. The number of amides is 2. The summed E-state index contributed by atoms with van der Waals surface area (Å²) in [5.41, 5.74) is 8.39. The molecular formula is C21H25N3O3. The minimum atomic E-state index is -0.208. The van der Waals surface area contributed by atoms with Crippen molar-refractivity contribution in [3.05, 3.63) is 59.7 Å². The van der Waals surface area contributed by atoms with Crippen molar-refractivity contribution in [1.82, 2.24) is 5.32 Å². The predicted octanol–water partition coefficient (Wildman–Crippen LogP) is 2.75. The molecule has 2 aromatic rings. The van der Waals surface area contributed by atoms with Crippen molar-refractivity contribution in [2.45, 2.75) is 31.8 Å². The van der Waals surface area contributed by atoms with E-state index in [1.165, 1.54) is 0 Å². The standard InChI is InChI=1S/C21H25N3O3/c22-16-10-7-15(8-11-16)9-12-20(25)24-19-6-2-1-5-18(19)21(26)23-14-17-4-3-13-27-17/h1-2,5-8,10-11,17H,3-4,9,12-14,22H2,(H,23,26)(H,24,25). The Labute approximate surface area is 159 Å². The quantitative estimate of drug-likeness (QED) is 0.656. The number of benzene rings is 2. The first kappa shape index (κ1) is 18.9. The summed E-state index contributed by atoms with van der Waals surface area (Å²) in [7, 11) is 0. The summed E-state index contributed by atoms with van der Waals surface area (Å²) in [5, 5.41) is 5.74. The highest BCUT2D eigenvalue weighted by Crippen LogP contribution is 2.17. The molecule has 4 N–H and O–H groups in total. The van der Waals surface area contributed by atoms with Crippen molar-refractivity contribution >= 4 is 23.2 Å². The maximum atomic E-state index is 12.5. The minimum absolute atomic E-state index is 0.0793. The van der Waals surface area contributed by atoms with Crippen molar-refractivity contribution in [1.29, 1.82) is 0 Å². The van der Waals surface area contributed by atoms with Crippen LogP contribution >= 0.6 is 0 Å². The van der Waals surface area contributed by atoms with Crippen molar-refractivity contribution in [2.75, 3.05) is 24.2 Å². The molecule has 0 saturated carbocycles. The van der Waals surface area contributed by atoms with E-state index in [9.17, 15) is 9.59 Å². The zero-order valence-electron chi connectivity index (χ0n) is 15.2. The summed E-state index contributed by atoms with van der Waals surface area (Å²) in [6.45, 7) is 1.24. The van der Waals surface area contributed by atoms with Crippen molar-refractivity contribution in [2.24, 2.45) is 0 Å². The molecule has 2 aromatic carbocycles. The summed E-state index contributed by atoms with van der Waals surface area (Å²) in [6.07, 6.45) is 3.01. The number of anilines is 2. The number of nitrogens with two attached hydrogens (primary N) is 1. The van der Waals surface area contributed by atoms with E-state index in [1.807, 2.05) is 24.3 Å². The second-order valence-electron chi connectivity index (χ2n) is 6.68. The molecule has 0 bridgehead atoms. The molecule has 0 aromatic heterocycles. The van der Waals surface area contributed by atoms with Gasteiger partial charge in [0, 0.05) is 25.3 Å². The maximum Gasteiger partial charge on any atom is 0.253 e. The number of nitrogen functional groups attached to an aromatic ring is 1. The Balaban J connectivity index is 1.55. The van der Waals surface area contributed by atoms with Crippen LogP contribution in [0, 0.1) is 0 Å². The van der Waals surface area contributed by atoms with E-state index in [2.05, 4.69) is 10.6 Å². The Morgan fingerprint density at radius 2 is 1.89 bits per heavy atom. The molecule has 3 rings (SSSR count). The lowest BCUT2D eigenvalue weighted by Gasteiger charge is -2.14. The summed E-state index contributed by atoms with van der Waals surface area (Å²) in [5.74, 6) is -0.342. The molecule has 27 heavy (non-hydrogen) atoms. The number of carbonyl (C=O) groups is 2. The molecule has 6 nitrogen and oxygen atoms in total. The van der Waals surface area contributed by atoms with Crippen molar-refractivity contribution in [3.63, 3.8) is 0 Å². The van der Waals surface area contributed by atoms with Gasteiger partial charge in [-0.25, -0.2) is 0 Å². The molecule has 1 fully saturated rings. The van der Waals surface area contributed by atoms with E-state index in [0.717, 1.165) is 25.0 Å². The second kappa shape index (κ2) is 9.19. The van der Waals surface area contributed by atoms with Crippen LogP contribution in [-0.2, 0) is 16.0 Å². The fraction of sp³-hybridized carbons (Fsp3) is 0.333. The van der Waals surface area contributed by atoms with Crippen LogP contribution in [0.5, 0.6) is 0 Å². The minimum Gasteiger partial charge on any atom is -0.399 e. The SMILES string of the molecule is Nc1ccc(CCC(=O)Nc2ccccc2C(=O)NCC2CCCO2)cc1. The lowest BCUT2D eigenvalue weighted by Crippen LogP contribution is -2.32. The van der Waals surface area contributed by atoms with E-state index in [4.69, 9.17) is 10.5 Å². The summed E-state index contributed by atoms with van der Waals surface area (Å²) in [4.78, 5) is 24.8. The normalized spacial score (nSPS) is 16.1. The largest absolute Gasteiger partial charge is 0.399 e. The Morgan fingerprint density at radius 3 is 2.63 bits per heavy atom. The molecule has 1 heterocycles. The van der Waals surface area contributed by atoms with Crippen molar-refractivity contribution < 1.29 is 14.3 Å². The average Bonchev–Trinajstić information content (AvgIpc) is 3.20. The Hall–Kier alpha value is -2.86. The van der Waals surface area contributed by atoms with Gasteiger partial charge in [-0.15, -0.1) is 0 Å². The summed E-state index contributed by atoms with van der Waals surface area (Å²) >= 11 is 0. The second-order valence-corrected chi connectivity index (χ2v) is 6.68. The molecule has 1 unspecified atom stereocenters. The van der Waals surface area contributed by atoms with E-state index in [-0.39, 0.29) is 17.9 Å². The average molecular weight is 367 g/mol. The zero-order chi connectivity index (χ0) is 19.1. The zero-order valence-corrected chi connectivity index (χ0v) is 15.2. The molecule has 1 aliphatic heterocycles. The smallest absolute Gasteiger partial charge is 0.253 e. The molecule has 1 atom stereocenters. The highest BCUT2D eigenvalue weighted by atomic mass is 16.5. The molecule has 6 heteroatoms. The van der Waals surface area contributed by atoms with Crippen LogP contribution in [0.15, 0.2) is 48.5 Å². The van der Waals surface area contributed by atoms with Crippen LogP contribution in [0.25, 0.3) is 0 Å². The van der Waals surface area contributed by atoms with Gasteiger partial charge in [0.2, 0.25) is 5.91 Å². The van der Waals surface area contributed by atoms with Crippen LogP contribution in [0.1, 0.15) is 35.2 Å². The number of carbonyl (C=O) groups excluding carboxylic acids is 2. The van der Waals surface area contributed by atoms with Gasteiger partial charge in [0.25, 0.3) is 5.91 Å². The van der Waals surface area contributed by atoms with Crippen LogP contribution < -0.4 is 16.4 Å². The highest BCUT2D eigenvalue weighted by molar-refractivity contribution is 6.03. The lowest BCUT2D eigenvalue weighted by atomic mass is 10.1. The van der Waals surface area contributed by atoms with E-state index in [1.54, 1.807) is 24.3 Å². The number of hydrogen-bond acceptors (Lipinski definition) is 4. The number of nitrogens with one attached hydrogen (secondary N) is 2. The predicted molar refractivity (Wildman–Crippen MR) is 106 cm³/mol. The summed E-state index contributed by atoms with van der Waals surface area (Å²) < 4.78 is 5.52. The fourth-order valence-electron chi connectivity index (χ4n) is 3.05. The van der Waals surface area contributed by atoms with E-state index in [0.29, 0.717) is 36.3 Å². The number of ether oxygens (including phenoxy) is 1. The first-order valence-electron chi connectivity index (χ1n) is 9.25. The molecular weight excluding hydrogens is 342 g/mol. The Morgan fingerprint density at radius 1 is 1.11 bits per heavy atom. The van der Waals surface area contributed by atoms with Gasteiger partial charge in [0.15, 0.2) is 0 Å². The third-order valence-corrected chi connectivity index (χ3v) is 4.58. The molecule has 0 spiro atoms. The van der Waals surface area contributed by atoms with Gasteiger partial charge < -0.3 is 21.1 Å². The topological polar surface area (TPSA) is 93.5 Å². The maximum absolute atomic E-state index is 12.5. The molecule has 0 aliphatic carbocycles. The monoisotopic (exact) mass is 367 g/mol. The number of hydrogen-bond donors (Lipinski definition) is 3. The van der Waals surface area contributed by atoms with Gasteiger partial charge in [-0.05, 0) is 49.1 Å². The fourth-order valence-corrected chi connectivity index (χ4v) is 3.05. The van der Waals surface area contributed by atoms with Crippen LogP contribution in [-0.4, -0.2) is 31.1 Å². The van der Waals surface area contributed by atoms with Gasteiger partial charge >= 0.3 is 0 Å². The lowest BCUT2D eigenvalue weighted by molar-refractivity contribution is -0.116. The number of aryl methyl sites for hydroxylation is 1. The first-order chi connectivity index (χ1) is 13.1. The van der Waals surface area contributed by atoms with Gasteiger partial charge in [0.05, 0.1) is 17.4 Å². The third-order valence-electron chi connectivity index (χ3n) is 4.58. The van der Waals surface area contributed by atoms with E-state index >= 15 is 0 Å². The Bertz CT molecular complexity index is 784.